The molecule has 0 unspecified atom stereocenters. The molecule has 5 heteroatoms. The highest BCUT2D eigenvalue weighted by molar-refractivity contribution is 5.86. The quantitative estimate of drug-likeness (QED) is 0.717. The predicted octanol–water partition coefficient (Wildman–Crippen LogP) is 1.61. The lowest BCUT2D eigenvalue weighted by Gasteiger charge is -2.31. The molecule has 17 heavy (non-hydrogen) atoms. The largest absolute Gasteiger partial charge is 0.385 e. The molecule has 0 aromatic carbocycles. The van der Waals surface area contributed by atoms with E-state index in [9.17, 15) is 4.79 Å². The van der Waals surface area contributed by atoms with Crippen LogP contribution in [0, 0.1) is 0 Å². The maximum Gasteiger partial charge on any atom is 0.240 e. The first-order valence-electron chi connectivity index (χ1n) is 6.25. The minimum absolute atomic E-state index is 0. The molecule has 1 rings (SSSR count). The van der Waals surface area contributed by atoms with Crippen molar-refractivity contribution in [2.24, 2.45) is 5.73 Å². The zero-order valence-corrected chi connectivity index (χ0v) is 11.5. The van der Waals surface area contributed by atoms with Crippen LogP contribution in [-0.2, 0) is 9.53 Å². The monoisotopic (exact) mass is 264 g/mol. The molecule has 0 bridgehead atoms. The molecular weight excluding hydrogens is 240 g/mol. The standard InChI is InChI=1S/C12H24N2O2.ClH/c1-16-10-6-5-9-14-11(15)12(13)7-3-2-4-8-12;/h2-10,13H2,1H3,(H,14,15);1H. The highest BCUT2D eigenvalue weighted by Crippen LogP contribution is 2.25. The summed E-state index contributed by atoms with van der Waals surface area (Å²) in [7, 11) is 1.69. The number of amides is 1. The van der Waals surface area contributed by atoms with E-state index in [1.807, 2.05) is 0 Å². The Morgan fingerprint density at radius 2 is 1.94 bits per heavy atom. The Bertz CT molecular complexity index is 219. The van der Waals surface area contributed by atoms with Gasteiger partial charge in [-0.15, -0.1) is 12.4 Å². The van der Waals surface area contributed by atoms with E-state index in [1.54, 1.807) is 7.11 Å². The van der Waals surface area contributed by atoms with Gasteiger partial charge in [-0.2, -0.15) is 0 Å². The molecule has 3 N–H and O–H groups in total. The summed E-state index contributed by atoms with van der Waals surface area (Å²) in [5.41, 5.74) is 5.51. The average molecular weight is 265 g/mol. The molecular formula is C12H25ClN2O2. The van der Waals surface area contributed by atoms with Crippen molar-refractivity contribution in [2.45, 2.75) is 50.5 Å². The van der Waals surface area contributed by atoms with Crippen LogP contribution < -0.4 is 11.1 Å². The molecule has 0 aromatic rings. The first-order chi connectivity index (χ1) is 7.69. The number of methoxy groups -OCH3 is 1. The Balaban J connectivity index is 0.00000256. The van der Waals surface area contributed by atoms with E-state index in [0.717, 1.165) is 45.1 Å². The molecule has 0 heterocycles. The van der Waals surface area contributed by atoms with Crippen molar-refractivity contribution in [3.63, 3.8) is 0 Å². The lowest BCUT2D eigenvalue weighted by molar-refractivity contribution is -0.127. The molecule has 1 amide bonds. The summed E-state index contributed by atoms with van der Waals surface area (Å²) in [6.45, 7) is 1.46. The second kappa shape index (κ2) is 8.72. The normalized spacial score (nSPS) is 18.2. The van der Waals surface area contributed by atoms with Gasteiger partial charge in [0.1, 0.15) is 0 Å². The Morgan fingerprint density at radius 3 is 2.53 bits per heavy atom. The Hall–Kier alpha value is -0.320. The average Bonchev–Trinajstić information content (AvgIpc) is 2.29. The van der Waals surface area contributed by atoms with Crippen LogP contribution in [0.1, 0.15) is 44.9 Å². The number of carbonyl (C=O) groups excluding carboxylic acids is 1. The number of ether oxygens (including phenoxy) is 1. The third kappa shape index (κ3) is 5.70. The molecule has 0 radical (unpaired) electrons. The molecule has 1 aliphatic rings. The molecule has 0 saturated heterocycles. The number of halogens is 1. The molecule has 0 atom stereocenters. The highest BCUT2D eigenvalue weighted by Gasteiger charge is 2.34. The van der Waals surface area contributed by atoms with Gasteiger partial charge in [0.25, 0.3) is 0 Å². The fourth-order valence-electron chi connectivity index (χ4n) is 2.16. The lowest BCUT2D eigenvalue weighted by Crippen LogP contribution is -2.55. The van der Waals surface area contributed by atoms with Gasteiger partial charge < -0.3 is 15.8 Å². The minimum atomic E-state index is -0.598. The zero-order valence-electron chi connectivity index (χ0n) is 10.7. The van der Waals surface area contributed by atoms with Crippen molar-refractivity contribution in [1.82, 2.24) is 5.32 Å². The summed E-state index contributed by atoms with van der Waals surface area (Å²) >= 11 is 0. The van der Waals surface area contributed by atoms with Crippen LogP contribution in [0.15, 0.2) is 0 Å². The smallest absolute Gasteiger partial charge is 0.240 e. The summed E-state index contributed by atoms with van der Waals surface area (Å²) in [6.07, 6.45) is 6.96. The number of hydrogen-bond acceptors (Lipinski definition) is 3. The first-order valence-corrected chi connectivity index (χ1v) is 6.25. The molecule has 1 fully saturated rings. The fraction of sp³-hybridized carbons (Fsp3) is 0.917. The van der Waals surface area contributed by atoms with Gasteiger partial charge in [-0.1, -0.05) is 19.3 Å². The van der Waals surface area contributed by atoms with Crippen LogP contribution >= 0.6 is 12.4 Å². The van der Waals surface area contributed by atoms with Crippen molar-refractivity contribution in [2.75, 3.05) is 20.3 Å². The van der Waals surface area contributed by atoms with Crippen molar-refractivity contribution < 1.29 is 9.53 Å². The van der Waals surface area contributed by atoms with Gasteiger partial charge in [0.15, 0.2) is 0 Å². The number of unbranched alkanes of at least 4 members (excludes halogenated alkanes) is 1. The maximum atomic E-state index is 11.9. The van der Waals surface area contributed by atoms with E-state index in [-0.39, 0.29) is 18.3 Å². The highest BCUT2D eigenvalue weighted by atomic mass is 35.5. The van der Waals surface area contributed by atoms with Gasteiger partial charge in [0, 0.05) is 20.3 Å². The van der Waals surface area contributed by atoms with Gasteiger partial charge in [-0.05, 0) is 25.7 Å². The summed E-state index contributed by atoms with van der Waals surface area (Å²) in [6, 6.07) is 0. The van der Waals surface area contributed by atoms with Crippen molar-refractivity contribution >= 4 is 18.3 Å². The fourth-order valence-corrected chi connectivity index (χ4v) is 2.16. The summed E-state index contributed by atoms with van der Waals surface area (Å²) in [5, 5.41) is 2.93. The Morgan fingerprint density at radius 1 is 1.29 bits per heavy atom. The molecule has 1 saturated carbocycles. The summed E-state index contributed by atoms with van der Waals surface area (Å²) < 4.78 is 4.95. The van der Waals surface area contributed by atoms with Gasteiger partial charge in [-0.3, -0.25) is 4.79 Å². The second-order valence-electron chi connectivity index (χ2n) is 4.67. The predicted molar refractivity (Wildman–Crippen MR) is 71.4 cm³/mol. The van der Waals surface area contributed by atoms with Gasteiger partial charge in [0.2, 0.25) is 5.91 Å². The molecule has 0 spiro atoms. The van der Waals surface area contributed by atoms with E-state index in [2.05, 4.69) is 5.32 Å². The molecule has 102 valence electrons. The summed E-state index contributed by atoms with van der Waals surface area (Å²) in [5.74, 6) is 0.0321. The third-order valence-corrected chi connectivity index (χ3v) is 3.26. The molecule has 4 nitrogen and oxygen atoms in total. The van der Waals surface area contributed by atoms with E-state index in [1.165, 1.54) is 6.42 Å². The molecule has 0 aromatic heterocycles. The van der Waals surface area contributed by atoms with Crippen molar-refractivity contribution in [3.8, 4) is 0 Å². The van der Waals surface area contributed by atoms with E-state index < -0.39 is 5.54 Å². The number of rotatable bonds is 6. The molecule has 1 aliphatic carbocycles. The second-order valence-corrected chi connectivity index (χ2v) is 4.67. The van der Waals surface area contributed by atoms with Crippen LogP contribution in [0.25, 0.3) is 0 Å². The third-order valence-electron chi connectivity index (χ3n) is 3.26. The van der Waals surface area contributed by atoms with Gasteiger partial charge >= 0.3 is 0 Å². The Kier molecular flexibility index (Phi) is 8.56. The number of nitrogens with two attached hydrogens (primary N) is 1. The molecule has 0 aliphatic heterocycles. The van der Waals surface area contributed by atoms with Crippen LogP contribution in [0.2, 0.25) is 0 Å². The van der Waals surface area contributed by atoms with Gasteiger partial charge in [0.05, 0.1) is 5.54 Å². The number of nitrogens with one attached hydrogen (secondary N) is 1. The maximum absolute atomic E-state index is 11.9. The number of hydrogen-bond donors (Lipinski definition) is 2. The summed E-state index contributed by atoms with van der Waals surface area (Å²) in [4.78, 5) is 11.9. The van der Waals surface area contributed by atoms with Crippen molar-refractivity contribution in [3.05, 3.63) is 0 Å². The van der Waals surface area contributed by atoms with E-state index >= 15 is 0 Å². The van der Waals surface area contributed by atoms with Gasteiger partial charge in [-0.25, -0.2) is 0 Å². The van der Waals surface area contributed by atoms with Crippen LogP contribution in [0.4, 0.5) is 0 Å². The van der Waals surface area contributed by atoms with E-state index in [0.29, 0.717) is 6.54 Å². The number of carbonyl (C=O) groups is 1. The first kappa shape index (κ1) is 16.7. The Labute approximate surface area is 110 Å². The van der Waals surface area contributed by atoms with Crippen LogP contribution in [-0.4, -0.2) is 31.7 Å². The van der Waals surface area contributed by atoms with E-state index in [4.69, 9.17) is 10.5 Å². The van der Waals surface area contributed by atoms with Crippen LogP contribution in [0.5, 0.6) is 0 Å². The lowest BCUT2D eigenvalue weighted by atomic mass is 9.82. The zero-order chi connectivity index (χ0) is 11.9. The minimum Gasteiger partial charge on any atom is -0.385 e. The SMILES string of the molecule is COCCCCNC(=O)C1(N)CCCCC1.Cl. The van der Waals surface area contributed by atoms with Crippen LogP contribution in [0.3, 0.4) is 0 Å². The topological polar surface area (TPSA) is 64.3 Å². The van der Waals surface area contributed by atoms with Crippen molar-refractivity contribution in [1.29, 1.82) is 0 Å².